The number of benzene rings is 2. The standard InChI is InChI=1S/C15H17N3O2/c1-20-14-7-2-4-11(8-14)10-17-12-5-3-6-13(9-12)18-15(16)19/h2-9,17H,10H2,1H3,(H3,16,18,19). The average Bonchev–Trinajstić information content (AvgIpc) is 2.45. The second kappa shape index (κ2) is 6.47. The molecule has 0 bridgehead atoms. The van der Waals surface area contributed by atoms with Crippen molar-refractivity contribution in [3.63, 3.8) is 0 Å². The van der Waals surface area contributed by atoms with Crippen molar-refractivity contribution in [2.45, 2.75) is 6.54 Å². The molecule has 2 amide bonds. The first-order valence-electron chi connectivity index (χ1n) is 6.21. The maximum absolute atomic E-state index is 10.8. The summed E-state index contributed by atoms with van der Waals surface area (Å²) in [6, 6.07) is 14.6. The van der Waals surface area contributed by atoms with Gasteiger partial charge in [-0.15, -0.1) is 0 Å². The molecular weight excluding hydrogens is 254 g/mol. The third-order valence-electron chi connectivity index (χ3n) is 2.76. The van der Waals surface area contributed by atoms with Crippen molar-refractivity contribution < 1.29 is 9.53 Å². The Hall–Kier alpha value is -2.69. The lowest BCUT2D eigenvalue weighted by Gasteiger charge is -2.09. The Balaban J connectivity index is 2.01. The lowest BCUT2D eigenvalue weighted by molar-refractivity contribution is 0.259. The Morgan fingerprint density at radius 1 is 1.15 bits per heavy atom. The van der Waals surface area contributed by atoms with Crippen molar-refractivity contribution in [2.75, 3.05) is 17.7 Å². The van der Waals surface area contributed by atoms with Crippen LogP contribution in [0.25, 0.3) is 0 Å². The molecule has 20 heavy (non-hydrogen) atoms. The molecule has 5 nitrogen and oxygen atoms in total. The summed E-state index contributed by atoms with van der Waals surface area (Å²) in [5, 5.41) is 5.82. The maximum Gasteiger partial charge on any atom is 0.316 e. The molecule has 0 aromatic heterocycles. The Kier molecular flexibility index (Phi) is 4.44. The molecule has 0 aliphatic heterocycles. The van der Waals surface area contributed by atoms with Gasteiger partial charge in [-0.3, -0.25) is 0 Å². The molecule has 0 atom stereocenters. The Bertz CT molecular complexity index is 599. The second-order valence-electron chi connectivity index (χ2n) is 4.28. The number of hydrogen-bond donors (Lipinski definition) is 3. The minimum absolute atomic E-state index is 0.574. The molecule has 0 saturated carbocycles. The fraction of sp³-hybridized carbons (Fsp3) is 0.133. The number of carbonyl (C=O) groups is 1. The van der Waals surface area contributed by atoms with E-state index >= 15 is 0 Å². The predicted molar refractivity (Wildman–Crippen MR) is 80.0 cm³/mol. The molecule has 0 saturated heterocycles. The van der Waals surface area contributed by atoms with Gasteiger partial charge in [0, 0.05) is 17.9 Å². The van der Waals surface area contributed by atoms with E-state index < -0.39 is 6.03 Å². The number of nitrogens with one attached hydrogen (secondary N) is 2. The molecular formula is C15H17N3O2. The highest BCUT2D eigenvalue weighted by molar-refractivity contribution is 5.88. The summed E-state index contributed by atoms with van der Waals surface area (Å²) in [4.78, 5) is 10.8. The van der Waals surface area contributed by atoms with Gasteiger partial charge >= 0.3 is 6.03 Å². The first kappa shape index (κ1) is 13.7. The molecule has 0 aliphatic carbocycles. The third-order valence-corrected chi connectivity index (χ3v) is 2.76. The summed E-state index contributed by atoms with van der Waals surface area (Å²) in [5.74, 6) is 0.827. The molecule has 104 valence electrons. The van der Waals surface area contributed by atoms with Gasteiger partial charge < -0.3 is 21.1 Å². The molecule has 5 heteroatoms. The topological polar surface area (TPSA) is 76.4 Å². The quantitative estimate of drug-likeness (QED) is 0.782. The van der Waals surface area contributed by atoms with Gasteiger partial charge in [0.15, 0.2) is 0 Å². The monoisotopic (exact) mass is 271 g/mol. The largest absolute Gasteiger partial charge is 0.497 e. The highest BCUT2D eigenvalue weighted by atomic mass is 16.5. The molecule has 4 N–H and O–H groups in total. The van der Waals surface area contributed by atoms with Gasteiger partial charge in [-0.2, -0.15) is 0 Å². The summed E-state index contributed by atoms with van der Waals surface area (Å²) < 4.78 is 5.18. The Labute approximate surface area is 117 Å². The van der Waals surface area contributed by atoms with Crippen LogP contribution in [0.5, 0.6) is 5.75 Å². The molecule has 0 aliphatic rings. The number of carbonyl (C=O) groups excluding carboxylic acids is 1. The van der Waals surface area contributed by atoms with Gasteiger partial charge in [-0.05, 0) is 35.9 Å². The van der Waals surface area contributed by atoms with E-state index in [-0.39, 0.29) is 0 Å². The van der Waals surface area contributed by atoms with E-state index in [0.29, 0.717) is 12.2 Å². The SMILES string of the molecule is COc1cccc(CNc2cccc(NC(N)=O)c2)c1. The Morgan fingerprint density at radius 3 is 2.65 bits per heavy atom. The number of rotatable bonds is 5. The fourth-order valence-corrected chi connectivity index (χ4v) is 1.84. The minimum atomic E-state index is -0.574. The smallest absolute Gasteiger partial charge is 0.316 e. The molecule has 2 aromatic carbocycles. The second-order valence-corrected chi connectivity index (χ2v) is 4.28. The van der Waals surface area contributed by atoms with Crippen LogP contribution in [0.15, 0.2) is 48.5 Å². The van der Waals surface area contributed by atoms with Crippen LogP contribution in [0, 0.1) is 0 Å². The number of hydrogen-bond acceptors (Lipinski definition) is 3. The summed E-state index contributed by atoms with van der Waals surface area (Å²) >= 11 is 0. The highest BCUT2D eigenvalue weighted by Crippen LogP contribution is 2.17. The van der Waals surface area contributed by atoms with E-state index in [0.717, 1.165) is 17.0 Å². The average molecular weight is 271 g/mol. The van der Waals surface area contributed by atoms with Gasteiger partial charge in [0.2, 0.25) is 0 Å². The van der Waals surface area contributed by atoms with E-state index in [1.54, 1.807) is 13.2 Å². The van der Waals surface area contributed by atoms with Crippen LogP contribution in [-0.4, -0.2) is 13.1 Å². The molecule has 0 unspecified atom stereocenters. The van der Waals surface area contributed by atoms with Crippen LogP contribution in [0.3, 0.4) is 0 Å². The van der Waals surface area contributed by atoms with Crippen molar-refractivity contribution >= 4 is 17.4 Å². The molecule has 0 spiro atoms. The van der Waals surface area contributed by atoms with Crippen LogP contribution in [-0.2, 0) is 6.54 Å². The summed E-state index contributed by atoms with van der Waals surface area (Å²) in [5.41, 5.74) is 7.76. The van der Waals surface area contributed by atoms with Gasteiger partial charge in [0.1, 0.15) is 5.75 Å². The van der Waals surface area contributed by atoms with Crippen molar-refractivity contribution in [3.8, 4) is 5.75 Å². The summed E-state index contributed by atoms with van der Waals surface area (Å²) in [6.07, 6.45) is 0. The van der Waals surface area contributed by atoms with E-state index in [1.165, 1.54) is 0 Å². The summed E-state index contributed by atoms with van der Waals surface area (Å²) in [7, 11) is 1.64. The van der Waals surface area contributed by atoms with Gasteiger partial charge in [-0.25, -0.2) is 4.79 Å². The lowest BCUT2D eigenvalue weighted by Crippen LogP contribution is -2.19. The van der Waals surface area contributed by atoms with Crippen LogP contribution < -0.4 is 21.1 Å². The number of methoxy groups -OCH3 is 1. The van der Waals surface area contributed by atoms with E-state index in [9.17, 15) is 4.79 Å². The number of ether oxygens (including phenoxy) is 1. The molecule has 2 rings (SSSR count). The van der Waals surface area contributed by atoms with Crippen LogP contribution >= 0.6 is 0 Å². The highest BCUT2D eigenvalue weighted by Gasteiger charge is 1.99. The number of amides is 2. The predicted octanol–water partition coefficient (Wildman–Crippen LogP) is 2.80. The van der Waals surface area contributed by atoms with Crippen molar-refractivity contribution in [2.24, 2.45) is 5.73 Å². The van der Waals surface area contributed by atoms with Crippen molar-refractivity contribution in [1.82, 2.24) is 0 Å². The first-order chi connectivity index (χ1) is 9.67. The summed E-state index contributed by atoms with van der Waals surface area (Å²) in [6.45, 7) is 0.664. The van der Waals surface area contributed by atoms with Crippen LogP contribution in [0.4, 0.5) is 16.2 Å². The van der Waals surface area contributed by atoms with E-state index in [1.807, 2.05) is 42.5 Å². The Morgan fingerprint density at radius 2 is 1.90 bits per heavy atom. The maximum atomic E-state index is 10.8. The van der Waals surface area contributed by atoms with E-state index in [4.69, 9.17) is 10.5 Å². The normalized spacial score (nSPS) is 9.85. The number of primary amides is 1. The molecule has 0 heterocycles. The zero-order valence-electron chi connectivity index (χ0n) is 11.2. The molecule has 0 fully saturated rings. The zero-order valence-corrected chi connectivity index (χ0v) is 11.2. The van der Waals surface area contributed by atoms with Crippen molar-refractivity contribution in [1.29, 1.82) is 0 Å². The zero-order chi connectivity index (χ0) is 14.4. The van der Waals surface area contributed by atoms with Gasteiger partial charge in [0.25, 0.3) is 0 Å². The first-order valence-corrected chi connectivity index (χ1v) is 6.21. The van der Waals surface area contributed by atoms with E-state index in [2.05, 4.69) is 10.6 Å². The fourth-order valence-electron chi connectivity index (χ4n) is 1.84. The number of nitrogens with two attached hydrogens (primary N) is 1. The van der Waals surface area contributed by atoms with Crippen LogP contribution in [0.1, 0.15) is 5.56 Å². The number of anilines is 2. The number of urea groups is 1. The van der Waals surface area contributed by atoms with Crippen LogP contribution in [0.2, 0.25) is 0 Å². The lowest BCUT2D eigenvalue weighted by atomic mass is 10.2. The van der Waals surface area contributed by atoms with Gasteiger partial charge in [0.05, 0.1) is 7.11 Å². The van der Waals surface area contributed by atoms with Crippen molar-refractivity contribution in [3.05, 3.63) is 54.1 Å². The third kappa shape index (κ3) is 3.91. The molecule has 0 radical (unpaired) electrons. The minimum Gasteiger partial charge on any atom is -0.497 e. The molecule has 2 aromatic rings. The van der Waals surface area contributed by atoms with Gasteiger partial charge in [-0.1, -0.05) is 18.2 Å².